The van der Waals surface area contributed by atoms with Crippen LogP contribution in [0.2, 0.25) is 0 Å². The summed E-state index contributed by atoms with van der Waals surface area (Å²) < 4.78 is 32.7. The first-order valence-corrected chi connectivity index (χ1v) is 8.70. The highest BCUT2D eigenvalue weighted by Gasteiger charge is 2.40. The molecule has 0 saturated carbocycles. The SMILES string of the molecule is CCN(C(=O)CCc1c(F)cc(OC(N)=O)cc1F)C1(C#N)CCNCC1. The lowest BCUT2D eigenvalue weighted by Gasteiger charge is -2.41. The van der Waals surface area contributed by atoms with E-state index < -0.39 is 23.3 Å². The van der Waals surface area contributed by atoms with Gasteiger partial charge in [-0.1, -0.05) is 0 Å². The molecule has 146 valence electrons. The molecule has 2 rings (SSSR count). The van der Waals surface area contributed by atoms with Crippen molar-refractivity contribution in [3.63, 3.8) is 0 Å². The second-order valence-corrected chi connectivity index (χ2v) is 6.32. The topological polar surface area (TPSA) is 108 Å². The van der Waals surface area contributed by atoms with Crippen LogP contribution < -0.4 is 15.8 Å². The molecule has 0 bridgehead atoms. The van der Waals surface area contributed by atoms with Crippen molar-refractivity contribution in [1.29, 1.82) is 5.26 Å². The fourth-order valence-corrected chi connectivity index (χ4v) is 3.36. The lowest BCUT2D eigenvalue weighted by Crippen LogP contribution is -2.56. The molecular formula is C18H22F2N4O3. The van der Waals surface area contributed by atoms with Crippen LogP contribution in [0.25, 0.3) is 0 Å². The predicted molar refractivity (Wildman–Crippen MR) is 92.7 cm³/mol. The van der Waals surface area contributed by atoms with E-state index in [2.05, 4.69) is 16.1 Å². The van der Waals surface area contributed by atoms with Crippen molar-refractivity contribution in [2.75, 3.05) is 19.6 Å². The van der Waals surface area contributed by atoms with Crippen molar-refractivity contribution in [3.8, 4) is 11.8 Å². The van der Waals surface area contributed by atoms with Crippen LogP contribution in [0.15, 0.2) is 12.1 Å². The van der Waals surface area contributed by atoms with Crippen LogP contribution in [-0.4, -0.2) is 42.1 Å². The second-order valence-electron chi connectivity index (χ2n) is 6.32. The van der Waals surface area contributed by atoms with Crippen molar-refractivity contribution in [1.82, 2.24) is 10.2 Å². The van der Waals surface area contributed by atoms with Crippen LogP contribution in [0.5, 0.6) is 5.75 Å². The Hall–Kier alpha value is -2.73. The van der Waals surface area contributed by atoms with E-state index >= 15 is 0 Å². The maximum atomic E-state index is 14.1. The number of primary amides is 1. The van der Waals surface area contributed by atoms with Crippen molar-refractivity contribution in [2.45, 2.75) is 38.1 Å². The summed E-state index contributed by atoms with van der Waals surface area (Å²) in [5.74, 6) is -2.55. The van der Waals surface area contributed by atoms with E-state index in [0.29, 0.717) is 32.5 Å². The van der Waals surface area contributed by atoms with Crippen molar-refractivity contribution in [3.05, 3.63) is 29.3 Å². The third-order valence-corrected chi connectivity index (χ3v) is 4.69. The number of halogens is 2. The van der Waals surface area contributed by atoms with Crippen molar-refractivity contribution >= 4 is 12.0 Å². The van der Waals surface area contributed by atoms with Gasteiger partial charge in [0.2, 0.25) is 5.91 Å². The van der Waals surface area contributed by atoms with E-state index in [1.807, 2.05) is 0 Å². The smallest absolute Gasteiger partial charge is 0.409 e. The summed E-state index contributed by atoms with van der Waals surface area (Å²) >= 11 is 0. The first-order chi connectivity index (χ1) is 12.8. The van der Waals surface area contributed by atoms with Gasteiger partial charge in [-0.3, -0.25) is 4.79 Å². The summed E-state index contributed by atoms with van der Waals surface area (Å²) in [6, 6.07) is 3.94. The zero-order valence-corrected chi connectivity index (χ0v) is 15.1. The van der Waals surface area contributed by atoms with E-state index in [0.717, 1.165) is 12.1 Å². The second kappa shape index (κ2) is 8.77. The number of nitrogens with two attached hydrogens (primary N) is 1. The fraction of sp³-hybridized carbons (Fsp3) is 0.500. The Morgan fingerprint density at radius 2 is 1.93 bits per heavy atom. The minimum absolute atomic E-state index is 0.144. The number of ether oxygens (including phenoxy) is 1. The Morgan fingerprint density at radius 3 is 2.41 bits per heavy atom. The van der Waals surface area contributed by atoms with E-state index in [4.69, 9.17) is 5.73 Å². The molecule has 0 spiro atoms. The summed E-state index contributed by atoms with van der Waals surface area (Å²) in [4.78, 5) is 24.8. The quantitative estimate of drug-likeness (QED) is 0.783. The molecule has 1 saturated heterocycles. The van der Waals surface area contributed by atoms with Gasteiger partial charge in [0.15, 0.2) is 0 Å². The van der Waals surface area contributed by atoms with E-state index in [-0.39, 0.29) is 30.1 Å². The molecule has 1 aliphatic rings. The molecule has 0 aliphatic carbocycles. The highest BCUT2D eigenvalue weighted by Crippen LogP contribution is 2.27. The van der Waals surface area contributed by atoms with Gasteiger partial charge in [-0.15, -0.1) is 0 Å². The predicted octanol–water partition coefficient (Wildman–Crippen LogP) is 1.85. The minimum atomic E-state index is -1.18. The maximum Gasteiger partial charge on any atom is 0.409 e. The summed E-state index contributed by atoms with van der Waals surface area (Å²) in [6.45, 7) is 3.36. The zero-order chi connectivity index (χ0) is 20.0. The highest BCUT2D eigenvalue weighted by molar-refractivity contribution is 5.78. The Labute approximate surface area is 156 Å². The summed E-state index contributed by atoms with van der Waals surface area (Å²) in [6.07, 6.45) is -0.493. The molecule has 0 radical (unpaired) electrons. The van der Waals surface area contributed by atoms with Gasteiger partial charge in [-0.05, 0) is 39.3 Å². The number of carbonyl (C=O) groups excluding carboxylic acids is 2. The molecule has 0 atom stereocenters. The molecule has 0 unspecified atom stereocenters. The average molecular weight is 380 g/mol. The Morgan fingerprint density at radius 1 is 1.33 bits per heavy atom. The Bertz CT molecular complexity index is 734. The first-order valence-electron chi connectivity index (χ1n) is 8.70. The number of rotatable bonds is 6. The Balaban J connectivity index is 2.12. The van der Waals surface area contributed by atoms with Crippen LogP contribution in [0, 0.1) is 23.0 Å². The number of nitrogens with one attached hydrogen (secondary N) is 1. The first kappa shape index (κ1) is 20.6. The van der Waals surface area contributed by atoms with Gasteiger partial charge in [-0.2, -0.15) is 5.26 Å². The molecule has 1 aromatic carbocycles. The molecule has 1 fully saturated rings. The number of amides is 2. The lowest BCUT2D eigenvalue weighted by atomic mass is 9.87. The van der Waals surface area contributed by atoms with E-state index in [9.17, 15) is 23.6 Å². The van der Waals surface area contributed by atoms with Gasteiger partial charge in [0, 0.05) is 30.7 Å². The van der Waals surface area contributed by atoms with E-state index in [1.54, 1.807) is 6.92 Å². The molecule has 27 heavy (non-hydrogen) atoms. The fourth-order valence-electron chi connectivity index (χ4n) is 3.36. The molecule has 2 amide bonds. The molecule has 1 aliphatic heterocycles. The summed E-state index contributed by atoms with van der Waals surface area (Å²) in [5, 5.41) is 12.8. The van der Waals surface area contributed by atoms with Crippen molar-refractivity contribution < 1.29 is 23.1 Å². The number of carbonyl (C=O) groups is 2. The molecule has 3 N–H and O–H groups in total. The van der Waals surface area contributed by atoms with Crippen LogP contribution in [-0.2, 0) is 11.2 Å². The number of nitrogens with zero attached hydrogens (tertiary/aromatic N) is 2. The minimum Gasteiger partial charge on any atom is -0.410 e. The Kier molecular flexibility index (Phi) is 6.69. The normalized spacial score (nSPS) is 15.6. The van der Waals surface area contributed by atoms with Gasteiger partial charge in [-0.25, -0.2) is 13.6 Å². The summed E-state index contributed by atoms with van der Waals surface area (Å²) in [7, 11) is 0. The molecule has 7 nitrogen and oxygen atoms in total. The number of benzene rings is 1. The zero-order valence-electron chi connectivity index (χ0n) is 15.1. The van der Waals surface area contributed by atoms with E-state index in [1.165, 1.54) is 4.90 Å². The third-order valence-electron chi connectivity index (χ3n) is 4.69. The van der Waals surface area contributed by atoms with Crippen LogP contribution in [0.3, 0.4) is 0 Å². The number of hydrogen-bond acceptors (Lipinski definition) is 5. The third kappa shape index (κ3) is 4.71. The monoisotopic (exact) mass is 380 g/mol. The number of hydrogen-bond donors (Lipinski definition) is 2. The van der Waals surface area contributed by atoms with Crippen molar-refractivity contribution in [2.24, 2.45) is 5.73 Å². The molecule has 1 aromatic rings. The van der Waals surface area contributed by atoms with Gasteiger partial charge in [0.05, 0.1) is 6.07 Å². The molecule has 9 heteroatoms. The molecule has 0 aromatic heterocycles. The van der Waals surface area contributed by atoms with Gasteiger partial charge in [0.1, 0.15) is 22.9 Å². The van der Waals surface area contributed by atoms with Crippen LogP contribution in [0.1, 0.15) is 31.7 Å². The standard InChI is InChI=1S/C18H22F2N4O3/c1-2-24(18(11-21)5-7-23-8-6-18)16(25)4-3-13-14(19)9-12(10-15(13)20)27-17(22)26/h9-10,23H,2-8H2,1H3,(H2,22,26). The number of piperidine rings is 1. The lowest BCUT2D eigenvalue weighted by molar-refractivity contribution is -0.136. The van der Waals surface area contributed by atoms with Crippen LogP contribution >= 0.6 is 0 Å². The maximum absolute atomic E-state index is 14.1. The van der Waals surface area contributed by atoms with Crippen LogP contribution in [0.4, 0.5) is 13.6 Å². The summed E-state index contributed by atoms with van der Waals surface area (Å²) in [5.41, 5.74) is 3.64. The van der Waals surface area contributed by atoms with Gasteiger partial charge >= 0.3 is 6.09 Å². The molecular weight excluding hydrogens is 358 g/mol. The van der Waals surface area contributed by atoms with Gasteiger partial charge < -0.3 is 20.7 Å². The average Bonchev–Trinajstić information content (AvgIpc) is 2.61. The highest BCUT2D eigenvalue weighted by atomic mass is 19.1. The number of nitriles is 1. The van der Waals surface area contributed by atoms with Gasteiger partial charge in [0.25, 0.3) is 0 Å². The molecule has 1 heterocycles. The largest absolute Gasteiger partial charge is 0.410 e.